The van der Waals surface area contributed by atoms with Crippen molar-refractivity contribution in [3.05, 3.63) is 23.9 Å². The van der Waals surface area contributed by atoms with Gasteiger partial charge in [0.25, 0.3) is 0 Å². The smallest absolute Gasteiger partial charge is 0.410 e. The van der Waals surface area contributed by atoms with Gasteiger partial charge in [-0.25, -0.2) is 4.79 Å². The van der Waals surface area contributed by atoms with Crippen molar-refractivity contribution in [3.63, 3.8) is 0 Å². The Balaban J connectivity index is 1.59. The fourth-order valence-corrected chi connectivity index (χ4v) is 3.13. The summed E-state index contributed by atoms with van der Waals surface area (Å²) < 4.78 is 7.45. The van der Waals surface area contributed by atoms with E-state index in [2.05, 4.69) is 15.5 Å². The van der Waals surface area contributed by atoms with Gasteiger partial charge >= 0.3 is 6.09 Å². The predicted molar refractivity (Wildman–Crippen MR) is 96.7 cm³/mol. The van der Waals surface area contributed by atoms with E-state index < -0.39 is 5.60 Å². The molecule has 0 saturated carbocycles. The highest BCUT2D eigenvalue weighted by molar-refractivity contribution is 5.68. The molecule has 3 heterocycles. The minimum absolute atomic E-state index is 0.222. The molecule has 1 fully saturated rings. The van der Waals surface area contributed by atoms with Crippen molar-refractivity contribution in [1.82, 2.24) is 19.5 Å². The fourth-order valence-electron chi connectivity index (χ4n) is 3.13. The van der Waals surface area contributed by atoms with E-state index in [1.807, 2.05) is 55.3 Å². The number of fused-ring (bicyclic) bond motifs is 1. The predicted octanol–water partition coefficient (Wildman–Crippen LogP) is 3.10. The molecule has 0 radical (unpaired) electrons. The van der Waals surface area contributed by atoms with E-state index >= 15 is 0 Å². The molecule has 1 saturated heterocycles. The summed E-state index contributed by atoms with van der Waals surface area (Å²) in [6.45, 7) is 9.93. The van der Waals surface area contributed by atoms with Gasteiger partial charge in [0.1, 0.15) is 5.60 Å². The molecule has 1 aliphatic rings. The highest BCUT2D eigenvalue weighted by Crippen LogP contribution is 2.20. The molecule has 2 aromatic rings. The lowest BCUT2D eigenvalue weighted by Crippen LogP contribution is -2.44. The highest BCUT2D eigenvalue weighted by Gasteiger charge is 2.27. The highest BCUT2D eigenvalue weighted by atomic mass is 16.6. The SMILES string of the molecule is Cc1cccn2c(NCC3CCCN(C(=O)OC(C)(C)C)C3)nnc12. The van der Waals surface area contributed by atoms with Crippen LogP contribution in [0.2, 0.25) is 0 Å². The van der Waals surface area contributed by atoms with E-state index in [0.717, 1.165) is 43.1 Å². The number of hydrogen-bond donors (Lipinski definition) is 1. The minimum Gasteiger partial charge on any atom is -0.444 e. The fraction of sp³-hybridized carbons (Fsp3) is 0.611. The number of ether oxygens (including phenoxy) is 1. The van der Waals surface area contributed by atoms with E-state index in [9.17, 15) is 4.79 Å². The van der Waals surface area contributed by atoms with Crippen LogP contribution < -0.4 is 5.32 Å². The Morgan fingerprint density at radius 3 is 2.96 bits per heavy atom. The van der Waals surface area contributed by atoms with Gasteiger partial charge in [-0.05, 0) is 58.1 Å². The van der Waals surface area contributed by atoms with Crippen molar-refractivity contribution >= 4 is 17.7 Å². The van der Waals surface area contributed by atoms with Crippen LogP contribution >= 0.6 is 0 Å². The molecule has 0 aromatic carbocycles. The molecule has 1 unspecified atom stereocenters. The molecule has 0 aliphatic carbocycles. The monoisotopic (exact) mass is 345 g/mol. The van der Waals surface area contributed by atoms with Crippen LogP contribution in [0.3, 0.4) is 0 Å². The van der Waals surface area contributed by atoms with Crippen molar-refractivity contribution < 1.29 is 9.53 Å². The molecule has 1 N–H and O–H groups in total. The van der Waals surface area contributed by atoms with Crippen LogP contribution in [0.5, 0.6) is 0 Å². The molecule has 2 aromatic heterocycles. The molecule has 136 valence electrons. The Kier molecular flexibility index (Phi) is 4.83. The topological polar surface area (TPSA) is 71.8 Å². The van der Waals surface area contributed by atoms with Gasteiger partial charge in [-0.3, -0.25) is 4.40 Å². The summed E-state index contributed by atoms with van der Waals surface area (Å²) in [6, 6.07) is 4.01. The molecule has 1 atom stereocenters. The third-order valence-corrected chi connectivity index (χ3v) is 4.35. The van der Waals surface area contributed by atoms with Crippen molar-refractivity contribution in [2.75, 3.05) is 25.0 Å². The van der Waals surface area contributed by atoms with Crippen molar-refractivity contribution in [2.45, 2.75) is 46.1 Å². The molecular formula is C18H27N5O2. The number of nitrogens with one attached hydrogen (secondary N) is 1. The summed E-state index contributed by atoms with van der Waals surface area (Å²) >= 11 is 0. The number of nitrogens with zero attached hydrogens (tertiary/aromatic N) is 4. The van der Waals surface area contributed by atoms with Crippen LogP contribution in [-0.4, -0.2) is 50.8 Å². The second-order valence-electron chi connectivity index (χ2n) is 7.72. The molecule has 25 heavy (non-hydrogen) atoms. The molecule has 1 amide bonds. The standard InChI is InChI=1S/C18H27N5O2/c1-13-7-5-10-23-15(13)20-21-16(23)19-11-14-8-6-9-22(12-14)17(24)25-18(2,3)4/h5,7,10,14H,6,8-9,11-12H2,1-4H3,(H,19,21). The summed E-state index contributed by atoms with van der Waals surface area (Å²) in [4.78, 5) is 14.1. The summed E-state index contributed by atoms with van der Waals surface area (Å²) in [7, 11) is 0. The maximum Gasteiger partial charge on any atom is 0.410 e. The Morgan fingerprint density at radius 2 is 2.20 bits per heavy atom. The van der Waals surface area contributed by atoms with E-state index in [-0.39, 0.29) is 6.09 Å². The number of pyridine rings is 1. The number of likely N-dealkylation sites (tertiary alicyclic amines) is 1. The van der Waals surface area contributed by atoms with Crippen molar-refractivity contribution in [3.8, 4) is 0 Å². The first kappa shape index (κ1) is 17.5. The third kappa shape index (κ3) is 4.21. The van der Waals surface area contributed by atoms with Gasteiger partial charge in [-0.15, -0.1) is 10.2 Å². The van der Waals surface area contributed by atoms with Gasteiger partial charge in [-0.1, -0.05) is 6.07 Å². The number of piperidine rings is 1. The molecular weight excluding hydrogens is 318 g/mol. The summed E-state index contributed by atoms with van der Waals surface area (Å²) in [5.41, 5.74) is 1.50. The minimum atomic E-state index is -0.458. The van der Waals surface area contributed by atoms with Gasteiger partial charge in [0.2, 0.25) is 5.95 Å². The zero-order valence-electron chi connectivity index (χ0n) is 15.5. The first-order chi connectivity index (χ1) is 11.8. The van der Waals surface area contributed by atoms with Gasteiger partial charge in [0.15, 0.2) is 5.65 Å². The van der Waals surface area contributed by atoms with E-state index in [1.165, 1.54) is 0 Å². The average molecular weight is 345 g/mol. The Bertz CT molecular complexity index is 749. The number of hydrogen-bond acceptors (Lipinski definition) is 5. The number of carbonyl (C=O) groups excluding carboxylic acids is 1. The van der Waals surface area contributed by atoms with Gasteiger partial charge in [-0.2, -0.15) is 0 Å². The first-order valence-corrected chi connectivity index (χ1v) is 8.85. The first-order valence-electron chi connectivity index (χ1n) is 8.85. The van der Waals surface area contributed by atoms with Crippen molar-refractivity contribution in [1.29, 1.82) is 0 Å². The second kappa shape index (κ2) is 6.90. The lowest BCUT2D eigenvalue weighted by atomic mass is 9.98. The average Bonchev–Trinajstić information content (AvgIpc) is 2.96. The quantitative estimate of drug-likeness (QED) is 0.925. The van der Waals surface area contributed by atoms with Gasteiger partial charge < -0.3 is 15.0 Å². The second-order valence-corrected chi connectivity index (χ2v) is 7.72. The Hall–Kier alpha value is -2.31. The molecule has 7 nitrogen and oxygen atoms in total. The van der Waals surface area contributed by atoms with Crippen molar-refractivity contribution in [2.24, 2.45) is 5.92 Å². The van der Waals surface area contributed by atoms with E-state index in [4.69, 9.17) is 4.74 Å². The number of anilines is 1. The number of rotatable bonds is 3. The van der Waals surface area contributed by atoms with Crippen LogP contribution in [0.1, 0.15) is 39.2 Å². The Morgan fingerprint density at radius 1 is 1.40 bits per heavy atom. The van der Waals surface area contributed by atoms with E-state index in [1.54, 1.807) is 0 Å². The molecule has 7 heteroatoms. The number of aryl methyl sites for hydroxylation is 1. The molecule has 3 rings (SSSR count). The largest absolute Gasteiger partial charge is 0.444 e. The zero-order valence-corrected chi connectivity index (χ0v) is 15.5. The summed E-state index contributed by atoms with van der Waals surface area (Å²) in [6.07, 6.45) is 3.81. The number of aromatic nitrogens is 3. The lowest BCUT2D eigenvalue weighted by Gasteiger charge is -2.34. The van der Waals surface area contributed by atoms with Crippen LogP contribution in [0.25, 0.3) is 5.65 Å². The normalized spacial score (nSPS) is 18.4. The van der Waals surface area contributed by atoms with Crippen LogP contribution in [-0.2, 0) is 4.74 Å². The number of carbonyl (C=O) groups is 1. The summed E-state index contributed by atoms with van der Waals surface area (Å²) in [5.74, 6) is 1.12. The Labute approximate surface area is 148 Å². The van der Waals surface area contributed by atoms with Crippen LogP contribution in [0, 0.1) is 12.8 Å². The van der Waals surface area contributed by atoms with Crippen LogP contribution in [0.15, 0.2) is 18.3 Å². The maximum absolute atomic E-state index is 12.3. The number of amides is 1. The maximum atomic E-state index is 12.3. The van der Waals surface area contributed by atoms with Gasteiger partial charge in [0, 0.05) is 25.8 Å². The molecule has 1 aliphatic heterocycles. The molecule has 0 spiro atoms. The van der Waals surface area contributed by atoms with Crippen LogP contribution in [0.4, 0.5) is 10.7 Å². The lowest BCUT2D eigenvalue weighted by molar-refractivity contribution is 0.0172. The van der Waals surface area contributed by atoms with Gasteiger partial charge in [0.05, 0.1) is 0 Å². The zero-order chi connectivity index (χ0) is 18.0. The summed E-state index contributed by atoms with van der Waals surface area (Å²) in [5, 5.41) is 11.9. The third-order valence-electron chi connectivity index (χ3n) is 4.35. The van der Waals surface area contributed by atoms with E-state index in [0.29, 0.717) is 12.5 Å². The molecule has 0 bridgehead atoms.